The third-order valence-electron chi connectivity index (χ3n) is 6.26. The van der Waals surface area contributed by atoms with Crippen LogP contribution in [0.4, 0.5) is 10.1 Å². The molecule has 0 aromatic heterocycles. The molecule has 0 bridgehead atoms. The topological polar surface area (TPSA) is 42.0 Å². The highest BCUT2D eigenvalue weighted by Crippen LogP contribution is 2.40. The van der Waals surface area contributed by atoms with Crippen molar-refractivity contribution in [1.82, 2.24) is 4.90 Å². The second-order valence-corrected chi connectivity index (χ2v) is 8.55. The van der Waals surface area contributed by atoms with Crippen LogP contribution in [0.5, 0.6) is 11.5 Å². The number of likely N-dealkylation sites (tertiary alicyclic amines) is 1. The minimum Gasteiger partial charge on any atom is -0.496 e. The van der Waals surface area contributed by atoms with Gasteiger partial charge in [-0.2, -0.15) is 0 Å². The largest absolute Gasteiger partial charge is 0.496 e. The number of halogens is 1. The Bertz CT molecular complexity index is 1000. The maximum Gasteiger partial charge on any atom is 0.294 e. The first kappa shape index (κ1) is 20.1. The molecule has 0 unspecified atom stereocenters. The van der Waals surface area contributed by atoms with Crippen LogP contribution in [-0.2, 0) is 11.3 Å². The maximum atomic E-state index is 13.5. The molecular formula is C25H27FN2O3. The van der Waals surface area contributed by atoms with Gasteiger partial charge in [0.25, 0.3) is 5.91 Å². The minimum absolute atomic E-state index is 0.166. The number of nitrogens with zero attached hydrogens (tertiary/aromatic N) is 2. The zero-order valence-electron chi connectivity index (χ0n) is 17.7. The number of hydrogen-bond acceptors (Lipinski definition) is 4. The van der Waals surface area contributed by atoms with Crippen LogP contribution in [0.25, 0.3) is 0 Å². The molecule has 0 spiro atoms. The molecule has 2 aliphatic heterocycles. The number of benzene rings is 2. The Morgan fingerprint density at radius 3 is 2.58 bits per heavy atom. The second-order valence-electron chi connectivity index (χ2n) is 8.55. The van der Waals surface area contributed by atoms with Crippen LogP contribution in [-0.4, -0.2) is 43.7 Å². The Morgan fingerprint density at radius 1 is 1.10 bits per heavy atom. The molecule has 5 rings (SSSR count). The fraction of sp³-hybridized carbons (Fsp3) is 0.400. The van der Waals surface area contributed by atoms with E-state index < -0.39 is 6.17 Å². The standard InChI is InChI=1S/C25H27FN2O3/c1-30-24-14-21(7-4-19(24)15-27-12-10-20(26)16-27)28-13-11-23(25(28)29)31-22-8-5-18(6-9-22)17-2-3-17/h4-9,11,14,17,20H,2-3,10,12-13,15-16H2,1H3/t20-/m1/s1. The number of ether oxygens (including phenoxy) is 2. The Balaban J connectivity index is 1.25. The molecule has 2 fully saturated rings. The summed E-state index contributed by atoms with van der Waals surface area (Å²) in [6.07, 6.45) is 4.16. The lowest BCUT2D eigenvalue weighted by Crippen LogP contribution is -2.28. The summed E-state index contributed by atoms with van der Waals surface area (Å²) in [6, 6.07) is 13.8. The van der Waals surface area contributed by atoms with Crippen LogP contribution in [0.15, 0.2) is 54.3 Å². The number of alkyl halides is 1. The van der Waals surface area contributed by atoms with E-state index in [1.54, 1.807) is 12.0 Å². The Hall–Kier alpha value is -2.86. The van der Waals surface area contributed by atoms with Gasteiger partial charge in [0.15, 0.2) is 5.76 Å². The molecule has 6 heteroatoms. The van der Waals surface area contributed by atoms with E-state index >= 15 is 0 Å². The molecule has 2 aromatic rings. The highest BCUT2D eigenvalue weighted by atomic mass is 19.1. The monoisotopic (exact) mass is 422 g/mol. The van der Waals surface area contributed by atoms with E-state index in [2.05, 4.69) is 17.0 Å². The van der Waals surface area contributed by atoms with Gasteiger partial charge in [-0.3, -0.25) is 9.69 Å². The van der Waals surface area contributed by atoms with E-state index in [4.69, 9.17) is 9.47 Å². The van der Waals surface area contributed by atoms with E-state index in [0.717, 1.165) is 17.8 Å². The number of carbonyl (C=O) groups excluding carboxylic acids is 1. The number of rotatable bonds is 7. The molecule has 2 aromatic carbocycles. The molecule has 0 N–H and O–H groups in total. The highest BCUT2D eigenvalue weighted by Gasteiger charge is 2.29. The quantitative estimate of drug-likeness (QED) is 0.662. The third kappa shape index (κ3) is 4.30. The number of methoxy groups -OCH3 is 1. The molecule has 2 heterocycles. The van der Waals surface area contributed by atoms with E-state index in [1.807, 2.05) is 36.4 Å². The zero-order valence-corrected chi connectivity index (χ0v) is 17.7. The van der Waals surface area contributed by atoms with E-state index in [0.29, 0.717) is 49.2 Å². The van der Waals surface area contributed by atoms with Gasteiger partial charge in [-0.25, -0.2) is 4.39 Å². The maximum absolute atomic E-state index is 13.5. The zero-order chi connectivity index (χ0) is 21.4. The van der Waals surface area contributed by atoms with Gasteiger partial charge in [0, 0.05) is 43.5 Å². The lowest BCUT2D eigenvalue weighted by Gasteiger charge is -2.21. The van der Waals surface area contributed by atoms with E-state index in [-0.39, 0.29) is 5.91 Å². The smallest absolute Gasteiger partial charge is 0.294 e. The molecule has 5 nitrogen and oxygen atoms in total. The predicted molar refractivity (Wildman–Crippen MR) is 117 cm³/mol. The van der Waals surface area contributed by atoms with Crippen LogP contribution in [0.1, 0.15) is 36.3 Å². The summed E-state index contributed by atoms with van der Waals surface area (Å²) >= 11 is 0. The Morgan fingerprint density at radius 2 is 1.90 bits per heavy atom. The summed E-state index contributed by atoms with van der Waals surface area (Å²) in [5, 5.41) is 0. The average Bonchev–Trinajstić information content (AvgIpc) is 3.46. The second kappa shape index (κ2) is 8.35. The molecule has 31 heavy (non-hydrogen) atoms. The van der Waals surface area contributed by atoms with Gasteiger partial charge in [-0.15, -0.1) is 0 Å². The first-order valence-corrected chi connectivity index (χ1v) is 10.9. The molecule has 1 saturated heterocycles. The first-order valence-electron chi connectivity index (χ1n) is 10.9. The van der Waals surface area contributed by atoms with E-state index in [1.165, 1.54) is 18.4 Å². The van der Waals surface area contributed by atoms with Crippen LogP contribution in [0, 0.1) is 0 Å². The fourth-order valence-electron chi connectivity index (χ4n) is 4.34. The van der Waals surface area contributed by atoms with Gasteiger partial charge in [0.2, 0.25) is 0 Å². The molecule has 162 valence electrons. The summed E-state index contributed by atoms with van der Waals surface area (Å²) in [5.74, 6) is 2.25. The summed E-state index contributed by atoms with van der Waals surface area (Å²) in [5.41, 5.74) is 3.09. The van der Waals surface area contributed by atoms with Crippen molar-refractivity contribution in [1.29, 1.82) is 0 Å². The Labute approximate surface area is 182 Å². The lowest BCUT2D eigenvalue weighted by molar-refractivity contribution is -0.116. The van der Waals surface area contributed by atoms with Crippen molar-refractivity contribution in [3.63, 3.8) is 0 Å². The molecule has 1 amide bonds. The van der Waals surface area contributed by atoms with Crippen LogP contribution in [0.2, 0.25) is 0 Å². The highest BCUT2D eigenvalue weighted by molar-refractivity contribution is 6.07. The number of hydrogen-bond donors (Lipinski definition) is 0. The number of carbonyl (C=O) groups is 1. The van der Waals surface area contributed by atoms with Gasteiger partial charge in [-0.05, 0) is 55.0 Å². The van der Waals surface area contributed by atoms with Gasteiger partial charge in [0.05, 0.1) is 7.11 Å². The lowest BCUT2D eigenvalue weighted by atomic mass is 10.1. The molecule has 3 aliphatic rings. The van der Waals surface area contributed by atoms with Crippen LogP contribution < -0.4 is 14.4 Å². The number of amides is 1. The first-order chi connectivity index (χ1) is 15.1. The fourth-order valence-corrected chi connectivity index (χ4v) is 4.34. The van der Waals surface area contributed by atoms with E-state index in [9.17, 15) is 9.18 Å². The predicted octanol–water partition coefficient (Wildman–Crippen LogP) is 4.43. The minimum atomic E-state index is -0.748. The SMILES string of the molecule is COc1cc(N2CC=C(Oc3ccc(C4CC4)cc3)C2=O)ccc1CN1CC[C@@H](F)C1. The van der Waals surface area contributed by atoms with Crippen molar-refractivity contribution in [3.8, 4) is 11.5 Å². The Kier molecular flexibility index (Phi) is 5.40. The molecule has 1 saturated carbocycles. The molecular weight excluding hydrogens is 395 g/mol. The summed E-state index contributed by atoms with van der Waals surface area (Å²) in [4.78, 5) is 16.7. The molecule has 1 atom stereocenters. The normalized spacial score (nSPS) is 21.5. The van der Waals surface area contributed by atoms with Crippen molar-refractivity contribution in [2.45, 2.75) is 37.9 Å². The van der Waals surface area contributed by atoms with Gasteiger partial charge < -0.3 is 14.4 Å². The van der Waals surface area contributed by atoms with Crippen molar-refractivity contribution >= 4 is 11.6 Å². The van der Waals surface area contributed by atoms with Crippen LogP contribution >= 0.6 is 0 Å². The molecule has 1 aliphatic carbocycles. The van der Waals surface area contributed by atoms with Gasteiger partial charge >= 0.3 is 0 Å². The van der Waals surface area contributed by atoms with Crippen LogP contribution in [0.3, 0.4) is 0 Å². The van der Waals surface area contributed by atoms with Gasteiger partial charge in [-0.1, -0.05) is 18.2 Å². The average molecular weight is 423 g/mol. The summed E-state index contributed by atoms with van der Waals surface area (Å²) in [7, 11) is 1.62. The summed E-state index contributed by atoms with van der Waals surface area (Å²) < 4.78 is 24.9. The van der Waals surface area contributed by atoms with Crippen molar-refractivity contribution in [2.24, 2.45) is 0 Å². The van der Waals surface area contributed by atoms with Crippen molar-refractivity contribution in [2.75, 3.05) is 31.6 Å². The third-order valence-corrected chi connectivity index (χ3v) is 6.26. The molecule has 0 radical (unpaired) electrons. The summed E-state index contributed by atoms with van der Waals surface area (Å²) in [6.45, 7) is 2.30. The van der Waals surface area contributed by atoms with Crippen molar-refractivity contribution in [3.05, 3.63) is 65.4 Å². The number of anilines is 1. The van der Waals surface area contributed by atoms with Gasteiger partial charge in [0.1, 0.15) is 17.7 Å². The van der Waals surface area contributed by atoms with Crippen molar-refractivity contribution < 1.29 is 18.7 Å².